The van der Waals surface area contributed by atoms with Crippen LogP contribution in [0.15, 0.2) is 29.6 Å². The Hall–Kier alpha value is -1.39. The van der Waals surface area contributed by atoms with Gasteiger partial charge in [-0.3, -0.25) is 0 Å². The van der Waals surface area contributed by atoms with Crippen LogP contribution < -0.4 is 10.1 Å². The van der Waals surface area contributed by atoms with Crippen molar-refractivity contribution in [2.75, 3.05) is 13.2 Å². The zero-order valence-corrected chi connectivity index (χ0v) is 13.9. The molecular formula is C17H24N2OS. The summed E-state index contributed by atoms with van der Waals surface area (Å²) in [6.45, 7) is 8.10. The predicted molar refractivity (Wildman–Crippen MR) is 90.2 cm³/mol. The molecule has 2 rings (SSSR count). The van der Waals surface area contributed by atoms with Crippen LogP contribution in [0.4, 0.5) is 0 Å². The van der Waals surface area contributed by atoms with E-state index in [0.717, 1.165) is 36.4 Å². The SMILES string of the molecule is CCOc1ccc(-c2csc(CCNC(C)CC)n2)cc1. The molecule has 0 aliphatic heterocycles. The summed E-state index contributed by atoms with van der Waals surface area (Å²) in [7, 11) is 0. The topological polar surface area (TPSA) is 34.1 Å². The van der Waals surface area contributed by atoms with Gasteiger partial charge in [0.25, 0.3) is 0 Å². The Bertz CT molecular complexity index is 536. The molecule has 0 amide bonds. The van der Waals surface area contributed by atoms with E-state index in [1.54, 1.807) is 11.3 Å². The summed E-state index contributed by atoms with van der Waals surface area (Å²) in [4.78, 5) is 4.72. The Morgan fingerprint density at radius 2 is 2.00 bits per heavy atom. The Balaban J connectivity index is 1.92. The second-order valence-electron chi connectivity index (χ2n) is 5.10. The van der Waals surface area contributed by atoms with E-state index in [0.29, 0.717) is 12.6 Å². The quantitative estimate of drug-likeness (QED) is 0.796. The van der Waals surface area contributed by atoms with Crippen molar-refractivity contribution in [3.8, 4) is 17.0 Å². The van der Waals surface area contributed by atoms with E-state index in [2.05, 4.69) is 36.7 Å². The van der Waals surface area contributed by atoms with Gasteiger partial charge in [-0.25, -0.2) is 4.98 Å². The van der Waals surface area contributed by atoms with Crippen molar-refractivity contribution in [2.45, 2.75) is 39.7 Å². The van der Waals surface area contributed by atoms with Crippen LogP contribution in [0.5, 0.6) is 5.75 Å². The van der Waals surface area contributed by atoms with E-state index < -0.39 is 0 Å². The highest BCUT2D eigenvalue weighted by Gasteiger charge is 2.05. The maximum atomic E-state index is 5.46. The Labute approximate surface area is 131 Å². The minimum atomic E-state index is 0.579. The first-order valence-corrected chi connectivity index (χ1v) is 8.52. The summed E-state index contributed by atoms with van der Waals surface area (Å²) in [6.07, 6.45) is 2.15. The van der Waals surface area contributed by atoms with Crippen molar-refractivity contribution in [1.82, 2.24) is 10.3 Å². The number of benzene rings is 1. The summed E-state index contributed by atoms with van der Waals surface area (Å²) >= 11 is 1.74. The molecule has 1 aromatic carbocycles. The third kappa shape index (κ3) is 4.83. The van der Waals surface area contributed by atoms with Crippen LogP contribution >= 0.6 is 11.3 Å². The molecule has 0 radical (unpaired) electrons. The van der Waals surface area contributed by atoms with Gasteiger partial charge in [-0.2, -0.15) is 0 Å². The van der Waals surface area contributed by atoms with Crippen LogP contribution in [0.25, 0.3) is 11.3 Å². The monoisotopic (exact) mass is 304 g/mol. The molecule has 2 aromatic rings. The van der Waals surface area contributed by atoms with Crippen LogP contribution in [0.1, 0.15) is 32.2 Å². The van der Waals surface area contributed by atoms with E-state index in [-0.39, 0.29) is 0 Å². The Kier molecular flexibility index (Phi) is 6.21. The highest BCUT2D eigenvalue weighted by Crippen LogP contribution is 2.24. The number of nitrogens with zero attached hydrogens (tertiary/aromatic N) is 1. The molecule has 0 saturated carbocycles. The van der Waals surface area contributed by atoms with Gasteiger partial charge in [-0.1, -0.05) is 6.92 Å². The summed E-state index contributed by atoms with van der Waals surface area (Å²) in [5.74, 6) is 0.912. The van der Waals surface area contributed by atoms with E-state index in [1.165, 1.54) is 5.01 Å². The normalized spacial score (nSPS) is 12.3. The van der Waals surface area contributed by atoms with Crippen molar-refractivity contribution in [3.63, 3.8) is 0 Å². The molecule has 4 heteroatoms. The fourth-order valence-corrected chi connectivity index (χ4v) is 2.82. The zero-order valence-electron chi connectivity index (χ0n) is 13.1. The number of hydrogen-bond acceptors (Lipinski definition) is 4. The molecule has 21 heavy (non-hydrogen) atoms. The second-order valence-corrected chi connectivity index (χ2v) is 6.04. The van der Waals surface area contributed by atoms with Crippen LogP contribution in [-0.2, 0) is 6.42 Å². The number of hydrogen-bond donors (Lipinski definition) is 1. The maximum Gasteiger partial charge on any atom is 0.119 e. The van der Waals surface area contributed by atoms with Gasteiger partial charge in [0.15, 0.2) is 0 Å². The Morgan fingerprint density at radius 1 is 1.24 bits per heavy atom. The smallest absolute Gasteiger partial charge is 0.119 e. The molecule has 0 fully saturated rings. The molecule has 1 N–H and O–H groups in total. The van der Waals surface area contributed by atoms with Gasteiger partial charge >= 0.3 is 0 Å². The average molecular weight is 304 g/mol. The first kappa shape index (κ1) is 16.0. The van der Waals surface area contributed by atoms with Crippen molar-refractivity contribution in [1.29, 1.82) is 0 Å². The zero-order chi connectivity index (χ0) is 15.1. The highest BCUT2D eigenvalue weighted by molar-refractivity contribution is 7.09. The largest absolute Gasteiger partial charge is 0.494 e. The van der Waals surface area contributed by atoms with Gasteiger partial charge in [-0.05, 0) is 44.5 Å². The van der Waals surface area contributed by atoms with E-state index in [9.17, 15) is 0 Å². The van der Waals surface area contributed by atoms with Gasteiger partial charge in [0.2, 0.25) is 0 Å². The predicted octanol–water partition coefficient (Wildman–Crippen LogP) is 4.14. The number of aromatic nitrogens is 1. The van der Waals surface area contributed by atoms with Crippen molar-refractivity contribution < 1.29 is 4.74 Å². The van der Waals surface area contributed by atoms with Crippen LogP contribution in [-0.4, -0.2) is 24.2 Å². The van der Waals surface area contributed by atoms with Gasteiger partial charge in [0.05, 0.1) is 17.3 Å². The van der Waals surface area contributed by atoms with Gasteiger partial charge < -0.3 is 10.1 Å². The summed E-state index contributed by atoms with van der Waals surface area (Å²) < 4.78 is 5.46. The summed E-state index contributed by atoms with van der Waals surface area (Å²) in [6, 6.07) is 8.73. The van der Waals surface area contributed by atoms with E-state index in [1.807, 2.05) is 19.1 Å². The molecule has 1 heterocycles. The first-order chi connectivity index (χ1) is 10.2. The van der Waals surface area contributed by atoms with Crippen molar-refractivity contribution in [2.24, 2.45) is 0 Å². The third-order valence-corrected chi connectivity index (χ3v) is 4.37. The molecule has 0 spiro atoms. The number of nitrogens with one attached hydrogen (secondary N) is 1. The fraction of sp³-hybridized carbons (Fsp3) is 0.471. The summed E-state index contributed by atoms with van der Waals surface area (Å²) in [5, 5.41) is 6.82. The number of rotatable bonds is 8. The highest BCUT2D eigenvalue weighted by atomic mass is 32.1. The fourth-order valence-electron chi connectivity index (χ4n) is 2.02. The molecule has 0 saturated heterocycles. The molecule has 0 aliphatic rings. The molecule has 1 atom stereocenters. The number of ether oxygens (including phenoxy) is 1. The molecule has 1 aromatic heterocycles. The van der Waals surface area contributed by atoms with Gasteiger partial charge in [0.1, 0.15) is 5.75 Å². The average Bonchev–Trinajstić information content (AvgIpc) is 2.97. The molecule has 0 aliphatic carbocycles. The minimum Gasteiger partial charge on any atom is -0.494 e. The maximum absolute atomic E-state index is 5.46. The lowest BCUT2D eigenvalue weighted by molar-refractivity contribution is 0.340. The van der Waals surface area contributed by atoms with Crippen LogP contribution in [0.3, 0.4) is 0 Å². The first-order valence-electron chi connectivity index (χ1n) is 7.64. The van der Waals surface area contributed by atoms with Crippen molar-refractivity contribution in [3.05, 3.63) is 34.7 Å². The minimum absolute atomic E-state index is 0.579. The van der Waals surface area contributed by atoms with E-state index >= 15 is 0 Å². The van der Waals surface area contributed by atoms with Crippen molar-refractivity contribution >= 4 is 11.3 Å². The lowest BCUT2D eigenvalue weighted by Crippen LogP contribution is -2.27. The summed E-state index contributed by atoms with van der Waals surface area (Å²) in [5.41, 5.74) is 2.21. The molecule has 1 unspecified atom stereocenters. The van der Waals surface area contributed by atoms with Crippen LogP contribution in [0, 0.1) is 0 Å². The lowest BCUT2D eigenvalue weighted by Gasteiger charge is -2.09. The standard InChI is InChI=1S/C17H24N2OS/c1-4-13(3)18-11-10-17-19-16(12-21-17)14-6-8-15(9-7-14)20-5-2/h6-9,12-13,18H,4-5,10-11H2,1-3H3. The third-order valence-electron chi connectivity index (χ3n) is 3.46. The molecule has 3 nitrogen and oxygen atoms in total. The van der Waals surface area contributed by atoms with E-state index in [4.69, 9.17) is 9.72 Å². The van der Waals surface area contributed by atoms with Gasteiger partial charge in [-0.15, -0.1) is 11.3 Å². The lowest BCUT2D eigenvalue weighted by atomic mass is 10.2. The second kappa shape index (κ2) is 8.15. The molecule has 114 valence electrons. The van der Waals surface area contributed by atoms with Crippen LogP contribution in [0.2, 0.25) is 0 Å². The molecule has 0 bridgehead atoms. The molecular weight excluding hydrogens is 280 g/mol. The number of thiazole rings is 1. The van der Waals surface area contributed by atoms with Gasteiger partial charge in [0, 0.05) is 30.0 Å². The Morgan fingerprint density at radius 3 is 2.67 bits per heavy atom.